The monoisotopic (exact) mass is 288 g/mol. The molecule has 21 heavy (non-hydrogen) atoms. The maximum absolute atomic E-state index is 8.95. The molecule has 0 radical (unpaired) electrons. The van der Waals surface area contributed by atoms with Crippen molar-refractivity contribution in [3.8, 4) is 17.7 Å². The van der Waals surface area contributed by atoms with Gasteiger partial charge in [0.25, 0.3) is 5.89 Å². The van der Waals surface area contributed by atoms with Gasteiger partial charge in [-0.3, -0.25) is 0 Å². The van der Waals surface area contributed by atoms with Crippen LogP contribution in [0, 0.1) is 11.3 Å². The van der Waals surface area contributed by atoms with Crippen molar-refractivity contribution in [2.24, 2.45) is 7.05 Å². The summed E-state index contributed by atoms with van der Waals surface area (Å²) in [5.41, 5.74) is 0.775. The molecule has 2 aromatic heterocycles. The van der Waals surface area contributed by atoms with Gasteiger partial charge in [-0.2, -0.15) is 10.2 Å². The average Bonchev–Trinajstić information content (AvgIpc) is 3.11. The first-order valence-electron chi connectivity index (χ1n) is 7.15. The molecule has 2 rings (SSSR count). The summed E-state index contributed by atoms with van der Waals surface area (Å²) < 4.78 is 13.1. The van der Waals surface area contributed by atoms with Gasteiger partial charge in [0.15, 0.2) is 0 Å². The first kappa shape index (κ1) is 15.3. The second-order valence-electron chi connectivity index (χ2n) is 4.89. The van der Waals surface area contributed by atoms with E-state index in [0.29, 0.717) is 23.9 Å². The average molecular weight is 288 g/mol. The van der Waals surface area contributed by atoms with Crippen LogP contribution < -0.4 is 0 Å². The number of aromatic nitrogens is 3. The third-order valence-corrected chi connectivity index (χ3v) is 3.75. The van der Waals surface area contributed by atoms with Gasteiger partial charge < -0.3 is 13.8 Å². The Labute approximate surface area is 124 Å². The highest BCUT2D eigenvalue weighted by Crippen LogP contribution is 2.32. The van der Waals surface area contributed by atoms with E-state index in [4.69, 9.17) is 14.5 Å². The molecule has 0 fully saturated rings. The maximum Gasteiger partial charge on any atom is 0.274 e. The zero-order valence-electron chi connectivity index (χ0n) is 12.9. The summed E-state index contributed by atoms with van der Waals surface area (Å²) >= 11 is 0. The fourth-order valence-corrected chi connectivity index (χ4v) is 2.46. The van der Waals surface area contributed by atoms with Crippen molar-refractivity contribution in [1.82, 2.24) is 14.7 Å². The van der Waals surface area contributed by atoms with E-state index in [1.807, 2.05) is 27.8 Å². The van der Waals surface area contributed by atoms with Crippen molar-refractivity contribution >= 4 is 0 Å². The summed E-state index contributed by atoms with van der Waals surface area (Å²) in [4.78, 5) is 4.49. The predicted octanol–water partition coefficient (Wildman–Crippen LogP) is 3.00. The Balaban J connectivity index is 2.41. The van der Waals surface area contributed by atoms with Gasteiger partial charge in [0.05, 0.1) is 5.56 Å². The van der Waals surface area contributed by atoms with Crippen LogP contribution in [-0.2, 0) is 17.4 Å². The van der Waals surface area contributed by atoms with Crippen molar-refractivity contribution in [2.45, 2.75) is 39.2 Å². The van der Waals surface area contributed by atoms with E-state index in [2.05, 4.69) is 16.2 Å². The van der Waals surface area contributed by atoms with Crippen LogP contribution in [0.2, 0.25) is 0 Å². The molecule has 0 saturated heterocycles. The van der Waals surface area contributed by atoms with E-state index in [-0.39, 0.29) is 0 Å². The largest absolute Gasteiger partial charge is 0.367 e. The smallest absolute Gasteiger partial charge is 0.274 e. The molecule has 112 valence electrons. The Kier molecular flexibility index (Phi) is 4.43. The fraction of sp³-hybridized carbons (Fsp3) is 0.533. The molecule has 0 aromatic carbocycles. The SMILES string of the molecule is CCOC(CC)(CC)c1noc(-c2cc(C#N)cn2C)n1. The van der Waals surface area contributed by atoms with E-state index in [0.717, 1.165) is 18.5 Å². The normalized spacial score (nSPS) is 11.6. The van der Waals surface area contributed by atoms with E-state index >= 15 is 0 Å². The van der Waals surface area contributed by atoms with Crippen molar-refractivity contribution in [2.75, 3.05) is 6.61 Å². The Morgan fingerprint density at radius 3 is 2.62 bits per heavy atom. The van der Waals surface area contributed by atoms with Crippen LogP contribution in [0.15, 0.2) is 16.8 Å². The lowest BCUT2D eigenvalue weighted by atomic mass is 9.96. The van der Waals surface area contributed by atoms with Gasteiger partial charge in [0, 0.05) is 19.9 Å². The quantitative estimate of drug-likeness (QED) is 0.816. The molecule has 0 bridgehead atoms. The molecule has 0 unspecified atom stereocenters. The molecule has 2 heterocycles. The third-order valence-electron chi connectivity index (χ3n) is 3.75. The highest BCUT2D eigenvalue weighted by molar-refractivity contribution is 5.52. The minimum atomic E-state index is -0.514. The van der Waals surface area contributed by atoms with Crippen LogP contribution in [0.4, 0.5) is 0 Å². The maximum atomic E-state index is 8.95. The zero-order chi connectivity index (χ0) is 15.5. The Bertz CT molecular complexity index is 647. The molecular weight excluding hydrogens is 268 g/mol. The van der Waals surface area contributed by atoms with Crippen LogP contribution >= 0.6 is 0 Å². The van der Waals surface area contributed by atoms with Crippen LogP contribution in [0.25, 0.3) is 11.6 Å². The molecule has 0 N–H and O–H groups in total. The molecule has 0 spiro atoms. The first-order chi connectivity index (χ1) is 10.1. The molecule has 6 heteroatoms. The highest BCUT2D eigenvalue weighted by atomic mass is 16.5. The summed E-state index contributed by atoms with van der Waals surface area (Å²) in [6.07, 6.45) is 3.27. The van der Waals surface area contributed by atoms with Crippen molar-refractivity contribution in [1.29, 1.82) is 5.26 Å². The summed E-state index contributed by atoms with van der Waals surface area (Å²) in [5, 5.41) is 13.0. The van der Waals surface area contributed by atoms with Gasteiger partial charge in [0.2, 0.25) is 5.82 Å². The van der Waals surface area contributed by atoms with Gasteiger partial charge in [-0.15, -0.1) is 0 Å². The molecule has 6 nitrogen and oxygen atoms in total. The standard InChI is InChI=1S/C15H20N4O2/c1-5-15(6-2,20-7-3)14-17-13(21-18-14)12-8-11(9-16)10-19(12)4/h8,10H,5-7H2,1-4H3. The minimum absolute atomic E-state index is 0.403. The third kappa shape index (κ3) is 2.69. The molecule has 0 aliphatic rings. The van der Waals surface area contributed by atoms with Crippen LogP contribution in [0.3, 0.4) is 0 Å². The predicted molar refractivity (Wildman–Crippen MR) is 77.3 cm³/mol. The number of hydrogen-bond acceptors (Lipinski definition) is 5. The Morgan fingerprint density at radius 2 is 2.10 bits per heavy atom. The lowest BCUT2D eigenvalue weighted by Gasteiger charge is -2.27. The summed E-state index contributed by atoms with van der Waals surface area (Å²) in [6, 6.07) is 3.84. The Morgan fingerprint density at radius 1 is 1.38 bits per heavy atom. The van der Waals surface area contributed by atoms with Gasteiger partial charge >= 0.3 is 0 Å². The van der Waals surface area contributed by atoms with Crippen LogP contribution in [0.1, 0.15) is 45.0 Å². The van der Waals surface area contributed by atoms with Crippen molar-refractivity contribution in [3.63, 3.8) is 0 Å². The number of ether oxygens (including phenoxy) is 1. The van der Waals surface area contributed by atoms with Gasteiger partial charge in [-0.25, -0.2) is 0 Å². The van der Waals surface area contributed by atoms with Gasteiger partial charge in [-0.1, -0.05) is 19.0 Å². The molecule has 0 atom stereocenters. The number of hydrogen-bond donors (Lipinski definition) is 0. The number of aryl methyl sites for hydroxylation is 1. The topological polar surface area (TPSA) is 76.9 Å². The van der Waals surface area contributed by atoms with Crippen molar-refractivity contribution < 1.29 is 9.26 Å². The molecule has 0 aliphatic carbocycles. The molecule has 0 aliphatic heterocycles. The van der Waals surface area contributed by atoms with Gasteiger partial charge in [0.1, 0.15) is 17.4 Å². The second kappa shape index (κ2) is 6.10. The summed E-state index contributed by atoms with van der Waals surface area (Å²) in [7, 11) is 1.84. The van der Waals surface area contributed by atoms with Gasteiger partial charge in [-0.05, 0) is 25.8 Å². The van der Waals surface area contributed by atoms with E-state index in [9.17, 15) is 0 Å². The highest BCUT2D eigenvalue weighted by Gasteiger charge is 2.34. The lowest BCUT2D eigenvalue weighted by Crippen LogP contribution is -2.29. The molecular formula is C15H20N4O2. The molecule has 0 saturated carbocycles. The number of rotatable bonds is 6. The lowest BCUT2D eigenvalue weighted by molar-refractivity contribution is -0.0583. The number of nitriles is 1. The Hall–Kier alpha value is -2.13. The first-order valence-corrected chi connectivity index (χ1v) is 7.15. The van der Waals surface area contributed by atoms with Crippen LogP contribution in [-0.4, -0.2) is 21.3 Å². The summed E-state index contributed by atoms with van der Waals surface area (Å²) in [6.45, 7) is 6.64. The van der Waals surface area contributed by atoms with Crippen molar-refractivity contribution in [3.05, 3.63) is 23.7 Å². The fourth-order valence-electron chi connectivity index (χ4n) is 2.46. The summed E-state index contributed by atoms with van der Waals surface area (Å²) in [5.74, 6) is 0.962. The molecule has 0 amide bonds. The van der Waals surface area contributed by atoms with E-state index < -0.39 is 5.60 Å². The van der Waals surface area contributed by atoms with E-state index in [1.165, 1.54) is 0 Å². The van der Waals surface area contributed by atoms with Crippen LogP contribution in [0.5, 0.6) is 0 Å². The second-order valence-corrected chi connectivity index (χ2v) is 4.89. The number of nitrogens with zero attached hydrogens (tertiary/aromatic N) is 4. The minimum Gasteiger partial charge on any atom is -0.367 e. The molecule has 2 aromatic rings. The van der Waals surface area contributed by atoms with E-state index in [1.54, 1.807) is 16.8 Å². The zero-order valence-corrected chi connectivity index (χ0v) is 12.9.